The molecule has 2 saturated heterocycles. The first-order valence-corrected chi connectivity index (χ1v) is 16.3. The quantitative estimate of drug-likeness (QED) is 0.298. The van der Waals surface area contributed by atoms with Crippen LogP contribution < -0.4 is 10.3 Å². The van der Waals surface area contributed by atoms with E-state index >= 15 is 0 Å². The summed E-state index contributed by atoms with van der Waals surface area (Å²) in [5, 5.41) is 15.4. The largest absolute Gasteiger partial charge is 0.339 e. The van der Waals surface area contributed by atoms with Crippen molar-refractivity contribution in [3.05, 3.63) is 66.0 Å². The highest BCUT2D eigenvalue weighted by atomic mass is 32.1. The Bertz CT molecular complexity index is 2000. The van der Waals surface area contributed by atoms with Crippen molar-refractivity contribution < 1.29 is 9.59 Å². The summed E-state index contributed by atoms with van der Waals surface area (Å²) in [6, 6.07) is 7.28. The molecule has 46 heavy (non-hydrogen) atoms. The van der Waals surface area contributed by atoms with Gasteiger partial charge in [0.25, 0.3) is 5.91 Å². The van der Waals surface area contributed by atoms with Gasteiger partial charge < -0.3 is 10.2 Å². The second kappa shape index (κ2) is 11.2. The zero-order valence-corrected chi connectivity index (χ0v) is 26.4. The molecule has 8 rings (SSSR count). The van der Waals surface area contributed by atoms with E-state index in [9.17, 15) is 9.59 Å². The van der Waals surface area contributed by atoms with Gasteiger partial charge in [0.15, 0.2) is 5.82 Å². The van der Waals surface area contributed by atoms with Crippen molar-refractivity contribution in [1.29, 1.82) is 0 Å². The maximum absolute atomic E-state index is 14.3. The predicted octanol–water partition coefficient (Wildman–Crippen LogP) is 2.98. The van der Waals surface area contributed by atoms with E-state index in [1.165, 1.54) is 0 Å². The van der Waals surface area contributed by atoms with E-state index in [-0.39, 0.29) is 24.3 Å². The van der Waals surface area contributed by atoms with Gasteiger partial charge in [-0.3, -0.25) is 24.2 Å². The first-order valence-electron chi connectivity index (χ1n) is 15.5. The Balaban J connectivity index is 1.06. The van der Waals surface area contributed by atoms with Gasteiger partial charge in [0.05, 0.1) is 16.3 Å². The lowest BCUT2D eigenvalue weighted by Gasteiger charge is -2.29. The Kier molecular flexibility index (Phi) is 6.98. The van der Waals surface area contributed by atoms with E-state index in [2.05, 4.69) is 36.4 Å². The molecule has 0 bridgehead atoms. The predicted molar refractivity (Wildman–Crippen MR) is 173 cm³/mol. The summed E-state index contributed by atoms with van der Waals surface area (Å²) in [5.41, 5.74) is 4.34. The lowest BCUT2D eigenvalue weighted by molar-refractivity contribution is -0.131. The molecule has 2 atom stereocenters. The molecular weight excluding hydrogens is 602 g/mol. The smallest absolute Gasteiger partial charge is 0.250 e. The highest BCUT2D eigenvalue weighted by molar-refractivity contribution is 7.16. The fourth-order valence-electron chi connectivity index (χ4n) is 6.95. The van der Waals surface area contributed by atoms with Gasteiger partial charge in [0, 0.05) is 63.0 Å². The first-order chi connectivity index (χ1) is 22.4. The van der Waals surface area contributed by atoms with Crippen LogP contribution >= 0.6 is 11.3 Å². The fraction of sp³-hybridized carbons (Fsp3) is 0.375. The number of fused-ring (bicyclic) bond motifs is 1. The van der Waals surface area contributed by atoms with Crippen LogP contribution in [0.1, 0.15) is 36.4 Å². The van der Waals surface area contributed by atoms with Crippen LogP contribution in [0.15, 0.2) is 55.3 Å². The van der Waals surface area contributed by atoms with E-state index in [0.717, 1.165) is 45.2 Å². The topological polar surface area (TPSA) is 140 Å². The monoisotopic (exact) mass is 635 g/mol. The van der Waals surface area contributed by atoms with Crippen LogP contribution in [0.2, 0.25) is 0 Å². The standard InChI is InChI=1S/C32H33N11O2S/c1-20-23(5-3-10-34-20)27-28-24(6-4-11-35-28)43(38-27)42-22(16-32(31(42)45)9-12-33-18-32)15-26(44)41-13-7-21(8-14-41)30-36-17-25(46-30)29-37-19-40(2)39-29/h3-7,10-11,17,19,22,33H,8-9,12-16,18H2,1-2H3/t22-,32?/m1/s1. The lowest BCUT2D eigenvalue weighted by Crippen LogP contribution is -2.48. The van der Waals surface area contributed by atoms with E-state index in [1.807, 2.05) is 49.3 Å². The van der Waals surface area contributed by atoms with Gasteiger partial charge in [-0.1, -0.05) is 6.08 Å². The number of aryl methyl sites for hydroxylation is 2. The maximum atomic E-state index is 14.3. The van der Waals surface area contributed by atoms with Crippen molar-refractivity contribution in [2.24, 2.45) is 12.5 Å². The molecule has 1 unspecified atom stereocenters. The second-order valence-electron chi connectivity index (χ2n) is 12.3. The van der Waals surface area contributed by atoms with Crippen molar-refractivity contribution in [2.75, 3.05) is 31.2 Å². The van der Waals surface area contributed by atoms with Gasteiger partial charge in [-0.05, 0) is 62.6 Å². The number of thiazole rings is 1. The summed E-state index contributed by atoms with van der Waals surface area (Å²) in [7, 11) is 1.84. The summed E-state index contributed by atoms with van der Waals surface area (Å²) in [6.07, 6.45) is 11.3. The van der Waals surface area contributed by atoms with Crippen LogP contribution in [-0.4, -0.2) is 88.5 Å². The highest BCUT2D eigenvalue weighted by Gasteiger charge is 2.55. The number of amides is 2. The molecule has 0 aliphatic carbocycles. The summed E-state index contributed by atoms with van der Waals surface area (Å²) < 4.78 is 1.68. The van der Waals surface area contributed by atoms with Crippen molar-refractivity contribution in [1.82, 2.24) is 49.8 Å². The zero-order valence-electron chi connectivity index (χ0n) is 25.6. The summed E-state index contributed by atoms with van der Waals surface area (Å²) in [6.45, 7) is 4.40. The van der Waals surface area contributed by atoms with E-state index in [0.29, 0.717) is 49.5 Å². The number of carbonyl (C=O) groups excluding carboxylic acids is 2. The van der Waals surface area contributed by atoms with Crippen LogP contribution in [0.4, 0.5) is 0 Å². The van der Waals surface area contributed by atoms with E-state index in [4.69, 9.17) is 5.10 Å². The number of pyridine rings is 2. The Morgan fingerprint density at radius 1 is 1.13 bits per heavy atom. The van der Waals surface area contributed by atoms with Crippen LogP contribution in [0.25, 0.3) is 38.6 Å². The minimum atomic E-state index is -0.560. The SMILES string of the molecule is Cc1ncccc1-c1nn(N2C(=O)C3(CCNC3)C[C@H]2CC(=O)N2CC=C(c3ncc(-c4ncn(C)n4)s3)CC2)c2cccnc12. The molecule has 5 aromatic rings. The molecule has 2 amide bonds. The average Bonchev–Trinajstić information content (AvgIpc) is 3.91. The molecule has 234 valence electrons. The lowest BCUT2D eigenvalue weighted by atomic mass is 9.83. The van der Waals surface area contributed by atoms with Gasteiger partial charge in [-0.25, -0.2) is 15.0 Å². The van der Waals surface area contributed by atoms with E-state index in [1.54, 1.807) is 44.5 Å². The van der Waals surface area contributed by atoms with E-state index < -0.39 is 5.41 Å². The molecule has 3 aliphatic rings. The van der Waals surface area contributed by atoms with Gasteiger partial charge in [0.1, 0.15) is 28.1 Å². The minimum Gasteiger partial charge on any atom is -0.339 e. The van der Waals surface area contributed by atoms with Gasteiger partial charge in [-0.15, -0.1) is 16.4 Å². The third kappa shape index (κ3) is 4.79. The molecule has 5 aromatic heterocycles. The number of hydrogen-bond donors (Lipinski definition) is 1. The number of aromatic nitrogens is 8. The van der Waals surface area contributed by atoms with Crippen molar-refractivity contribution in [3.8, 4) is 22.0 Å². The summed E-state index contributed by atoms with van der Waals surface area (Å²) in [4.78, 5) is 50.7. The molecule has 1 N–H and O–H groups in total. The Hall–Kier alpha value is -4.82. The minimum absolute atomic E-state index is 0.000748. The van der Waals surface area contributed by atoms with Crippen molar-refractivity contribution >= 4 is 39.8 Å². The molecule has 14 heteroatoms. The first kappa shape index (κ1) is 28.6. The third-order valence-corrected chi connectivity index (χ3v) is 10.4. The number of rotatable bonds is 6. The third-order valence-electron chi connectivity index (χ3n) is 9.34. The molecule has 13 nitrogen and oxygen atoms in total. The second-order valence-corrected chi connectivity index (χ2v) is 13.3. The normalized spacial score (nSPS) is 21.6. The summed E-state index contributed by atoms with van der Waals surface area (Å²) in [5.74, 6) is 0.686. The molecular formula is C32H33N11O2S. The molecule has 2 fully saturated rings. The van der Waals surface area contributed by atoms with Crippen LogP contribution in [0.3, 0.4) is 0 Å². The Labute approximate surface area is 269 Å². The van der Waals surface area contributed by atoms with Gasteiger partial charge in [-0.2, -0.15) is 9.89 Å². The number of hydrogen-bond acceptors (Lipinski definition) is 10. The average molecular weight is 636 g/mol. The molecule has 0 aromatic carbocycles. The zero-order chi connectivity index (χ0) is 31.4. The summed E-state index contributed by atoms with van der Waals surface area (Å²) >= 11 is 1.56. The van der Waals surface area contributed by atoms with Gasteiger partial charge >= 0.3 is 0 Å². The highest BCUT2D eigenvalue weighted by Crippen LogP contribution is 2.42. The number of nitrogens with zero attached hydrogens (tertiary/aromatic N) is 10. The molecule has 3 aliphatic heterocycles. The van der Waals surface area contributed by atoms with Crippen molar-refractivity contribution in [2.45, 2.75) is 38.6 Å². The van der Waals surface area contributed by atoms with Crippen LogP contribution in [-0.2, 0) is 16.6 Å². The number of nitrogens with one attached hydrogen (secondary N) is 1. The molecule has 8 heterocycles. The van der Waals surface area contributed by atoms with Crippen molar-refractivity contribution in [3.63, 3.8) is 0 Å². The molecule has 1 spiro atoms. The van der Waals surface area contributed by atoms with Crippen LogP contribution in [0, 0.1) is 12.3 Å². The fourth-order valence-corrected chi connectivity index (χ4v) is 7.87. The van der Waals surface area contributed by atoms with Crippen LogP contribution in [0.5, 0.6) is 0 Å². The Morgan fingerprint density at radius 3 is 2.76 bits per heavy atom. The molecule has 0 radical (unpaired) electrons. The van der Waals surface area contributed by atoms with Gasteiger partial charge in [0.2, 0.25) is 5.91 Å². The number of carbonyl (C=O) groups is 2. The Morgan fingerprint density at radius 2 is 2.00 bits per heavy atom. The molecule has 0 saturated carbocycles. The maximum Gasteiger partial charge on any atom is 0.250 e.